The molecule has 0 saturated heterocycles. The maximum absolute atomic E-state index is 11.0. The molecule has 2 rings (SSSR count). The minimum Gasteiger partial charge on any atom is -0.379 e. The molecule has 104 valence electrons. The van der Waals surface area contributed by atoms with E-state index in [1.165, 1.54) is 17.2 Å². The molecule has 0 aliphatic heterocycles. The number of nitro groups is 1. The molecule has 0 aromatic heterocycles. The molecule has 2 aromatic carbocycles. The molecule has 0 aliphatic rings. The van der Waals surface area contributed by atoms with Crippen LogP contribution >= 0.6 is 11.6 Å². The van der Waals surface area contributed by atoms with Crippen LogP contribution in [0.1, 0.15) is 11.1 Å². The second kappa shape index (κ2) is 6.39. The van der Waals surface area contributed by atoms with Crippen LogP contribution in [0, 0.1) is 17.0 Å². The molecule has 2 aromatic rings. The normalized spacial score (nSPS) is 10.3. The van der Waals surface area contributed by atoms with Crippen molar-refractivity contribution < 1.29 is 4.92 Å². The van der Waals surface area contributed by atoms with Gasteiger partial charge in [-0.3, -0.25) is 10.1 Å². The molecule has 4 nitrogen and oxygen atoms in total. The molecule has 20 heavy (non-hydrogen) atoms. The van der Waals surface area contributed by atoms with E-state index in [2.05, 4.69) is 24.4 Å². The number of nitrogens with zero attached hydrogens (tertiary/aromatic N) is 1. The summed E-state index contributed by atoms with van der Waals surface area (Å²) in [6, 6.07) is 12.7. The summed E-state index contributed by atoms with van der Waals surface area (Å²) in [6.45, 7) is 2.69. The van der Waals surface area contributed by atoms with E-state index in [4.69, 9.17) is 11.6 Å². The zero-order chi connectivity index (χ0) is 14.5. The summed E-state index contributed by atoms with van der Waals surface area (Å²) in [5, 5.41) is 14.4. The Kier molecular flexibility index (Phi) is 4.58. The Labute approximate surface area is 122 Å². The standard InChI is InChI=1S/C15H15ClN2O2/c1-11-4-2-3-5-12(11)8-9-17-14-7-6-13(16)10-15(14)18(19)20/h2-7,10,17H,8-9H2,1H3. The van der Waals surface area contributed by atoms with Gasteiger partial charge >= 0.3 is 0 Å². The van der Waals surface area contributed by atoms with E-state index in [0.29, 0.717) is 17.3 Å². The highest BCUT2D eigenvalue weighted by atomic mass is 35.5. The molecule has 0 amide bonds. The molecular formula is C15H15ClN2O2. The van der Waals surface area contributed by atoms with Crippen molar-refractivity contribution in [2.45, 2.75) is 13.3 Å². The first-order chi connectivity index (χ1) is 9.58. The predicted molar refractivity (Wildman–Crippen MR) is 81.5 cm³/mol. The second-order valence-electron chi connectivity index (χ2n) is 4.52. The van der Waals surface area contributed by atoms with Gasteiger partial charge in [-0.25, -0.2) is 0 Å². The Morgan fingerprint density at radius 1 is 1.25 bits per heavy atom. The van der Waals surface area contributed by atoms with Gasteiger partial charge < -0.3 is 5.32 Å². The molecule has 0 radical (unpaired) electrons. The van der Waals surface area contributed by atoms with Gasteiger partial charge in [-0.2, -0.15) is 0 Å². The third-order valence-corrected chi connectivity index (χ3v) is 3.36. The number of hydrogen-bond acceptors (Lipinski definition) is 3. The van der Waals surface area contributed by atoms with Gasteiger partial charge in [0.25, 0.3) is 5.69 Å². The summed E-state index contributed by atoms with van der Waals surface area (Å²) >= 11 is 5.78. The van der Waals surface area contributed by atoms with Gasteiger partial charge in [-0.15, -0.1) is 0 Å². The van der Waals surface area contributed by atoms with E-state index in [1.54, 1.807) is 12.1 Å². The molecule has 0 saturated carbocycles. The lowest BCUT2D eigenvalue weighted by Crippen LogP contribution is -2.07. The molecular weight excluding hydrogens is 276 g/mol. The van der Waals surface area contributed by atoms with Crippen LogP contribution in [0.2, 0.25) is 5.02 Å². The second-order valence-corrected chi connectivity index (χ2v) is 4.96. The highest BCUT2D eigenvalue weighted by Crippen LogP contribution is 2.27. The lowest BCUT2D eigenvalue weighted by molar-refractivity contribution is -0.383. The monoisotopic (exact) mass is 290 g/mol. The first kappa shape index (κ1) is 14.3. The van der Waals surface area contributed by atoms with Crippen molar-refractivity contribution in [3.63, 3.8) is 0 Å². The van der Waals surface area contributed by atoms with Gasteiger partial charge in [0.1, 0.15) is 5.69 Å². The molecule has 0 aliphatic carbocycles. The smallest absolute Gasteiger partial charge is 0.293 e. The first-order valence-electron chi connectivity index (χ1n) is 6.30. The summed E-state index contributed by atoms with van der Waals surface area (Å²) in [6.07, 6.45) is 0.812. The fourth-order valence-electron chi connectivity index (χ4n) is 2.03. The van der Waals surface area contributed by atoms with E-state index in [-0.39, 0.29) is 5.69 Å². The number of hydrogen-bond donors (Lipinski definition) is 1. The van der Waals surface area contributed by atoms with Crippen LogP contribution in [0.5, 0.6) is 0 Å². The maximum atomic E-state index is 11.0. The van der Waals surface area contributed by atoms with Gasteiger partial charge in [-0.1, -0.05) is 35.9 Å². The number of nitrogens with one attached hydrogen (secondary N) is 1. The van der Waals surface area contributed by atoms with Crippen LogP contribution in [0.3, 0.4) is 0 Å². The van der Waals surface area contributed by atoms with Crippen LogP contribution in [-0.2, 0) is 6.42 Å². The zero-order valence-electron chi connectivity index (χ0n) is 11.1. The molecule has 0 atom stereocenters. The van der Waals surface area contributed by atoms with Crippen molar-refractivity contribution >= 4 is 23.0 Å². The number of anilines is 1. The van der Waals surface area contributed by atoms with Crippen molar-refractivity contribution in [3.05, 3.63) is 68.7 Å². The van der Waals surface area contributed by atoms with E-state index in [0.717, 1.165) is 6.42 Å². The van der Waals surface area contributed by atoms with Crippen LogP contribution in [0.15, 0.2) is 42.5 Å². The van der Waals surface area contributed by atoms with Gasteiger partial charge in [0, 0.05) is 17.6 Å². The number of aryl methyl sites for hydroxylation is 1. The van der Waals surface area contributed by atoms with Crippen molar-refractivity contribution in [2.24, 2.45) is 0 Å². The minimum absolute atomic E-state index is 0.00211. The molecule has 0 spiro atoms. The van der Waals surface area contributed by atoms with Crippen molar-refractivity contribution in [2.75, 3.05) is 11.9 Å². The Hall–Kier alpha value is -2.07. The number of halogens is 1. The number of nitro benzene ring substituents is 1. The molecule has 0 unspecified atom stereocenters. The highest BCUT2D eigenvalue weighted by molar-refractivity contribution is 6.30. The molecule has 5 heteroatoms. The predicted octanol–water partition coefficient (Wildman–Crippen LogP) is 4.21. The average molecular weight is 291 g/mol. The van der Waals surface area contributed by atoms with Gasteiger partial charge in [0.15, 0.2) is 0 Å². The summed E-state index contributed by atoms with van der Waals surface area (Å²) in [5.41, 5.74) is 2.95. The topological polar surface area (TPSA) is 55.2 Å². The third kappa shape index (κ3) is 3.48. The van der Waals surface area contributed by atoms with E-state index >= 15 is 0 Å². The SMILES string of the molecule is Cc1ccccc1CCNc1ccc(Cl)cc1[N+](=O)[O-]. The lowest BCUT2D eigenvalue weighted by atomic mass is 10.1. The maximum Gasteiger partial charge on any atom is 0.293 e. The van der Waals surface area contributed by atoms with Crippen LogP contribution < -0.4 is 5.32 Å². The van der Waals surface area contributed by atoms with E-state index in [9.17, 15) is 10.1 Å². The van der Waals surface area contributed by atoms with Gasteiger partial charge in [0.2, 0.25) is 0 Å². The average Bonchev–Trinajstić information content (AvgIpc) is 2.42. The highest BCUT2D eigenvalue weighted by Gasteiger charge is 2.13. The molecule has 0 heterocycles. The van der Waals surface area contributed by atoms with Gasteiger partial charge in [0.05, 0.1) is 4.92 Å². The Morgan fingerprint density at radius 2 is 2.00 bits per heavy atom. The summed E-state index contributed by atoms with van der Waals surface area (Å²) in [4.78, 5) is 10.5. The quantitative estimate of drug-likeness (QED) is 0.663. The summed E-state index contributed by atoms with van der Waals surface area (Å²) < 4.78 is 0. The molecule has 1 N–H and O–H groups in total. The zero-order valence-corrected chi connectivity index (χ0v) is 11.9. The lowest BCUT2D eigenvalue weighted by Gasteiger charge is -2.09. The summed E-state index contributed by atoms with van der Waals surface area (Å²) in [5.74, 6) is 0. The molecule has 0 fully saturated rings. The first-order valence-corrected chi connectivity index (χ1v) is 6.68. The number of rotatable bonds is 5. The fourth-order valence-corrected chi connectivity index (χ4v) is 2.19. The summed E-state index contributed by atoms with van der Waals surface area (Å²) in [7, 11) is 0. The Bertz CT molecular complexity index is 629. The van der Waals surface area contributed by atoms with Crippen LogP contribution in [-0.4, -0.2) is 11.5 Å². The molecule has 0 bridgehead atoms. The third-order valence-electron chi connectivity index (χ3n) is 3.13. The van der Waals surface area contributed by atoms with Crippen LogP contribution in [0.25, 0.3) is 0 Å². The van der Waals surface area contributed by atoms with Crippen molar-refractivity contribution in [1.82, 2.24) is 0 Å². The number of benzene rings is 2. The minimum atomic E-state index is -0.429. The Balaban J connectivity index is 2.05. The Morgan fingerprint density at radius 3 is 2.70 bits per heavy atom. The van der Waals surface area contributed by atoms with E-state index in [1.807, 2.05) is 12.1 Å². The van der Waals surface area contributed by atoms with Gasteiger partial charge in [-0.05, 0) is 36.6 Å². The van der Waals surface area contributed by atoms with Crippen molar-refractivity contribution in [1.29, 1.82) is 0 Å². The van der Waals surface area contributed by atoms with E-state index < -0.39 is 4.92 Å². The van der Waals surface area contributed by atoms with Crippen LogP contribution in [0.4, 0.5) is 11.4 Å². The fraction of sp³-hybridized carbons (Fsp3) is 0.200. The van der Waals surface area contributed by atoms with Crippen molar-refractivity contribution in [3.8, 4) is 0 Å². The largest absolute Gasteiger partial charge is 0.379 e.